The Balaban J connectivity index is 1.32. The Hall–Kier alpha value is -4.23. The van der Waals surface area contributed by atoms with E-state index >= 15 is 0 Å². The molecule has 2 amide bonds. The predicted molar refractivity (Wildman–Crippen MR) is 131 cm³/mol. The first-order chi connectivity index (χ1) is 16.1. The number of rotatable bonds is 5. The lowest BCUT2D eigenvalue weighted by atomic mass is 10.1. The summed E-state index contributed by atoms with van der Waals surface area (Å²) in [6.07, 6.45) is 0. The number of aryl methyl sites for hydroxylation is 1. The first-order valence-electron chi connectivity index (χ1n) is 10.3. The summed E-state index contributed by atoms with van der Waals surface area (Å²) < 4.78 is 6.85. The number of anilines is 2. The molecule has 5 rings (SSSR count). The van der Waals surface area contributed by atoms with Crippen LogP contribution in [-0.4, -0.2) is 16.8 Å². The number of nitrogens with zero attached hydrogens (tertiary/aromatic N) is 1. The molecule has 33 heavy (non-hydrogen) atoms. The molecule has 2 N–H and O–H groups in total. The molecule has 2 heterocycles. The van der Waals surface area contributed by atoms with E-state index in [9.17, 15) is 9.59 Å². The molecule has 0 aliphatic heterocycles. The van der Waals surface area contributed by atoms with Crippen molar-refractivity contribution in [2.24, 2.45) is 0 Å². The van der Waals surface area contributed by atoms with Crippen LogP contribution in [0.4, 0.5) is 11.4 Å². The highest BCUT2D eigenvalue weighted by atomic mass is 32.1. The first-order valence-corrected chi connectivity index (χ1v) is 11.1. The summed E-state index contributed by atoms with van der Waals surface area (Å²) in [4.78, 5) is 29.8. The van der Waals surface area contributed by atoms with Crippen LogP contribution in [-0.2, 0) is 0 Å². The molecule has 0 saturated carbocycles. The van der Waals surface area contributed by atoms with Gasteiger partial charge in [0, 0.05) is 16.9 Å². The quantitative estimate of drug-likeness (QED) is 0.324. The Kier molecular flexibility index (Phi) is 5.46. The van der Waals surface area contributed by atoms with E-state index in [0.29, 0.717) is 22.7 Å². The van der Waals surface area contributed by atoms with Gasteiger partial charge in [-0.1, -0.05) is 36.4 Å². The van der Waals surface area contributed by atoms with Crippen molar-refractivity contribution in [3.05, 3.63) is 102 Å². The summed E-state index contributed by atoms with van der Waals surface area (Å²) in [5.74, 6) is 0.129. The molecule has 0 spiro atoms. The Morgan fingerprint density at radius 2 is 1.64 bits per heavy atom. The molecule has 0 fully saturated rings. The number of furan rings is 1. The van der Waals surface area contributed by atoms with E-state index in [-0.39, 0.29) is 17.6 Å². The number of hydrogen-bond acceptors (Lipinski definition) is 5. The van der Waals surface area contributed by atoms with E-state index in [2.05, 4.69) is 15.6 Å². The molecule has 0 bridgehead atoms. The molecule has 0 aliphatic carbocycles. The van der Waals surface area contributed by atoms with Gasteiger partial charge in [-0.05, 0) is 61.0 Å². The molecular formula is C26H19N3O3S. The van der Waals surface area contributed by atoms with Crippen molar-refractivity contribution in [2.45, 2.75) is 6.92 Å². The third-order valence-corrected chi connectivity index (χ3v) is 6.17. The zero-order chi connectivity index (χ0) is 22.8. The second-order valence-corrected chi connectivity index (χ2v) is 8.49. The molecule has 6 nitrogen and oxygen atoms in total. The lowest BCUT2D eigenvalue weighted by Crippen LogP contribution is -2.14. The summed E-state index contributed by atoms with van der Waals surface area (Å²) in [6.45, 7) is 1.88. The Bertz CT molecular complexity index is 1440. The number of para-hydroxylation sites is 1. The minimum atomic E-state index is -0.378. The minimum Gasteiger partial charge on any atom is -0.448 e. The van der Waals surface area contributed by atoms with Crippen LogP contribution in [0.25, 0.3) is 21.0 Å². The van der Waals surface area contributed by atoms with Crippen LogP contribution < -0.4 is 10.6 Å². The number of carbonyl (C=O) groups is 2. The molecule has 0 unspecified atom stereocenters. The van der Waals surface area contributed by atoms with Gasteiger partial charge >= 0.3 is 0 Å². The number of nitrogens with one attached hydrogen (secondary N) is 2. The van der Waals surface area contributed by atoms with E-state index in [1.165, 1.54) is 11.3 Å². The third-order valence-electron chi connectivity index (χ3n) is 5.11. The van der Waals surface area contributed by atoms with Crippen molar-refractivity contribution in [3.63, 3.8) is 0 Å². The molecule has 2 aromatic heterocycles. The van der Waals surface area contributed by atoms with Gasteiger partial charge in [-0.2, -0.15) is 0 Å². The number of fused-ring (bicyclic) bond motifs is 1. The summed E-state index contributed by atoms with van der Waals surface area (Å²) in [7, 11) is 0. The number of benzene rings is 3. The van der Waals surface area contributed by atoms with Crippen molar-refractivity contribution < 1.29 is 14.0 Å². The van der Waals surface area contributed by atoms with Crippen LogP contribution in [0.15, 0.2) is 89.3 Å². The number of aromatic nitrogens is 1. The van der Waals surface area contributed by atoms with Gasteiger partial charge < -0.3 is 15.1 Å². The normalized spacial score (nSPS) is 10.8. The third kappa shape index (κ3) is 4.40. The van der Waals surface area contributed by atoms with Crippen molar-refractivity contribution in [3.8, 4) is 10.8 Å². The molecule has 0 radical (unpaired) electrons. The van der Waals surface area contributed by atoms with E-state index < -0.39 is 0 Å². The maximum absolute atomic E-state index is 12.8. The Labute approximate surface area is 193 Å². The van der Waals surface area contributed by atoms with Gasteiger partial charge in [0.2, 0.25) is 0 Å². The fourth-order valence-corrected chi connectivity index (χ4v) is 4.29. The van der Waals surface area contributed by atoms with Crippen LogP contribution >= 0.6 is 11.3 Å². The van der Waals surface area contributed by atoms with Crippen molar-refractivity contribution >= 4 is 44.7 Å². The maximum atomic E-state index is 12.8. The summed E-state index contributed by atoms with van der Waals surface area (Å²) >= 11 is 1.51. The highest BCUT2D eigenvalue weighted by molar-refractivity contribution is 7.21. The number of carbonyl (C=O) groups excluding carboxylic acids is 2. The van der Waals surface area contributed by atoms with Crippen LogP contribution in [0.5, 0.6) is 0 Å². The number of hydrogen-bond donors (Lipinski definition) is 2. The molecule has 5 aromatic rings. The number of amides is 2. The highest BCUT2D eigenvalue weighted by Crippen LogP contribution is 2.31. The second kappa shape index (κ2) is 8.72. The zero-order valence-electron chi connectivity index (χ0n) is 17.7. The Morgan fingerprint density at radius 3 is 2.45 bits per heavy atom. The van der Waals surface area contributed by atoms with Gasteiger partial charge in [-0.25, -0.2) is 4.98 Å². The molecule has 0 saturated heterocycles. The highest BCUT2D eigenvalue weighted by Gasteiger charge is 2.16. The Morgan fingerprint density at radius 1 is 0.848 bits per heavy atom. The minimum absolute atomic E-state index is 0.183. The SMILES string of the molecule is Cc1ccc(NC(=O)c2ccccc2)cc1NC(=O)c1ccc(-c2nc3ccccc3s2)o1. The molecule has 162 valence electrons. The number of thiazole rings is 1. The van der Waals surface area contributed by atoms with Crippen LogP contribution in [0.3, 0.4) is 0 Å². The van der Waals surface area contributed by atoms with Gasteiger partial charge in [0.25, 0.3) is 11.8 Å². The molecule has 0 aliphatic rings. The van der Waals surface area contributed by atoms with Gasteiger partial charge in [-0.3, -0.25) is 9.59 Å². The van der Waals surface area contributed by atoms with Crippen molar-refractivity contribution in [2.75, 3.05) is 10.6 Å². The van der Waals surface area contributed by atoms with Crippen LogP contribution in [0, 0.1) is 6.92 Å². The lowest BCUT2D eigenvalue weighted by Gasteiger charge is -2.11. The summed E-state index contributed by atoms with van der Waals surface area (Å²) in [6, 6.07) is 25.5. The van der Waals surface area contributed by atoms with Gasteiger partial charge in [0.15, 0.2) is 16.5 Å². The predicted octanol–water partition coefficient (Wildman–Crippen LogP) is 6.37. The molecule has 0 atom stereocenters. The smallest absolute Gasteiger partial charge is 0.291 e. The molecule has 3 aromatic carbocycles. The van der Waals surface area contributed by atoms with E-state index in [1.807, 2.05) is 55.5 Å². The summed E-state index contributed by atoms with van der Waals surface area (Å²) in [5.41, 5.74) is 3.48. The fourth-order valence-electron chi connectivity index (χ4n) is 3.36. The lowest BCUT2D eigenvalue weighted by molar-refractivity contribution is 0.0995. The van der Waals surface area contributed by atoms with E-state index in [4.69, 9.17) is 4.42 Å². The van der Waals surface area contributed by atoms with Crippen LogP contribution in [0.2, 0.25) is 0 Å². The average Bonchev–Trinajstić information content (AvgIpc) is 3.49. The van der Waals surface area contributed by atoms with E-state index in [0.717, 1.165) is 20.8 Å². The monoisotopic (exact) mass is 453 g/mol. The second-order valence-electron chi connectivity index (χ2n) is 7.45. The standard InChI is InChI=1S/C26H19N3O3S/c1-16-11-12-18(27-24(30)17-7-3-2-4-8-17)15-20(16)28-25(31)21-13-14-22(32-21)26-29-19-9-5-6-10-23(19)33-26/h2-15H,1H3,(H,27,30)(H,28,31). The fraction of sp³-hybridized carbons (Fsp3) is 0.0385. The summed E-state index contributed by atoms with van der Waals surface area (Å²) in [5, 5.41) is 6.45. The first kappa shape index (κ1) is 20.7. The van der Waals surface area contributed by atoms with Crippen LogP contribution in [0.1, 0.15) is 26.5 Å². The zero-order valence-corrected chi connectivity index (χ0v) is 18.5. The van der Waals surface area contributed by atoms with Gasteiger partial charge in [-0.15, -0.1) is 11.3 Å². The molecule has 7 heteroatoms. The van der Waals surface area contributed by atoms with Gasteiger partial charge in [0.1, 0.15) is 0 Å². The van der Waals surface area contributed by atoms with E-state index in [1.54, 1.807) is 36.4 Å². The largest absolute Gasteiger partial charge is 0.448 e. The average molecular weight is 454 g/mol. The van der Waals surface area contributed by atoms with Gasteiger partial charge in [0.05, 0.1) is 10.2 Å². The maximum Gasteiger partial charge on any atom is 0.291 e. The van der Waals surface area contributed by atoms with Crippen molar-refractivity contribution in [1.29, 1.82) is 0 Å². The van der Waals surface area contributed by atoms with Crippen molar-refractivity contribution in [1.82, 2.24) is 4.98 Å². The topological polar surface area (TPSA) is 84.2 Å². The molecular weight excluding hydrogens is 434 g/mol.